The Balaban J connectivity index is 0.000000339. The molecule has 0 bridgehead atoms. The SMILES string of the molecule is O=C(O)C(F)(F)F.O=C(O)[C@]12CCC[C@@]1(F)CN(Cc1c(Cl)ccc3cccnc13)C2. The van der Waals surface area contributed by atoms with Gasteiger partial charge in [-0.15, -0.1) is 0 Å². The molecule has 2 atom stereocenters. The van der Waals surface area contributed by atoms with Crippen LogP contribution in [0, 0.1) is 5.41 Å². The van der Waals surface area contributed by atoms with Crippen molar-refractivity contribution in [1.29, 1.82) is 0 Å². The summed E-state index contributed by atoms with van der Waals surface area (Å²) in [6, 6.07) is 7.53. The molecule has 2 aromatic rings. The van der Waals surface area contributed by atoms with Crippen LogP contribution in [0.15, 0.2) is 30.5 Å². The largest absolute Gasteiger partial charge is 0.490 e. The van der Waals surface area contributed by atoms with Crippen LogP contribution >= 0.6 is 11.6 Å². The van der Waals surface area contributed by atoms with Gasteiger partial charge in [0.15, 0.2) is 0 Å². The number of likely N-dealkylation sites (tertiary alicyclic amines) is 1. The van der Waals surface area contributed by atoms with Gasteiger partial charge in [0.25, 0.3) is 0 Å². The van der Waals surface area contributed by atoms with Gasteiger partial charge in [0.1, 0.15) is 11.1 Å². The lowest BCUT2D eigenvalue weighted by molar-refractivity contribution is -0.192. The molecule has 0 unspecified atom stereocenters. The van der Waals surface area contributed by atoms with Crippen LogP contribution in [0.25, 0.3) is 10.9 Å². The Morgan fingerprint density at radius 2 is 1.84 bits per heavy atom. The fourth-order valence-corrected chi connectivity index (χ4v) is 4.62. The molecule has 4 rings (SSSR count). The highest BCUT2D eigenvalue weighted by atomic mass is 35.5. The van der Waals surface area contributed by atoms with Gasteiger partial charge < -0.3 is 10.2 Å². The van der Waals surface area contributed by atoms with Gasteiger partial charge in [-0.05, 0) is 31.4 Å². The number of aromatic nitrogens is 1. The maximum Gasteiger partial charge on any atom is 0.490 e. The molecule has 6 nitrogen and oxygen atoms in total. The van der Waals surface area contributed by atoms with E-state index in [1.807, 2.05) is 29.2 Å². The van der Waals surface area contributed by atoms with E-state index in [0.29, 0.717) is 30.8 Å². The lowest BCUT2D eigenvalue weighted by Gasteiger charge is -2.28. The van der Waals surface area contributed by atoms with E-state index in [0.717, 1.165) is 16.5 Å². The van der Waals surface area contributed by atoms with Gasteiger partial charge in [0, 0.05) is 41.8 Å². The summed E-state index contributed by atoms with van der Waals surface area (Å²) in [4.78, 5) is 27.0. The highest BCUT2D eigenvalue weighted by molar-refractivity contribution is 6.32. The lowest BCUT2D eigenvalue weighted by Crippen LogP contribution is -2.45. The zero-order valence-electron chi connectivity index (χ0n) is 16.1. The predicted octanol–water partition coefficient (Wildman–Crippen LogP) is 4.30. The maximum atomic E-state index is 15.3. The van der Waals surface area contributed by atoms with E-state index in [-0.39, 0.29) is 13.1 Å². The van der Waals surface area contributed by atoms with E-state index in [4.69, 9.17) is 21.5 Å². The number of carboxylic acid groups (broad SMARTS) is 2. The molecule has 1 aromatic carbocycles. The van der Waals surface area contributed by atoms with Crippen LogP contribution in [0.4, 0.5) is 17.6 Å². The number of nitrogens with zero attached hydrogens (tertiary/aromatic N) is 2. The van der Waals surface area contributed by atoms with Gasteiger partial charge in [0.05, 0.1) is 5.52 Å². The minimum atomic E-state index is -5.08. The highest BCUT2D eigenvalue weighted by Crippen LogP contribution is 2.54. The molecule has 2 aliphatic rings. The van der Waals surface area contributed by atoms with E-state index in [9.17, 15) is 23.1 Å². The standard InChI is InChI=1S/C18H18ClFN2O2.C2HF3O2/c19-14-5-4-12-3-1-8-21-15(12)13(14)9-22-10-17(16(23)24)6-2-7-18(17,20)11-22;3-2(4,5)1(6)7/h1,3-5,8H,2,6-7,9-11H2,(H,23,24);(H,6,7)/t17-,18-;/m1./s1. The molecule has 1 aliphatic heterocycles. The molecular weight excluding hydrogens is 444 g/mol. The van der Waals surface area contributed by atoms with Gasteiger partial charge in [-0.1, -0.05) is 23.7 Å². The number of fused-ring (bicyclic) bond motifs is 2. The summed E-state index contributed by atoms with van der Waals surface area (Å²) >= 11 is 6.36. The first-order valence-electron chi connectivity index (χ1n) is 9.36. The number of hydrogen-bond donors (Lipinski definition) is 2. The molecule has 2 N–H and O–H groups in total. The second-order valence-electron chi connectivity index (χ2n) is 7.76. The quantitative estimate of drug-likeness (QED) is 0.661. The third kappa shape index (κ3) is 4.31. The normalized spacial score (nSPS) is 25.7. The summed E-state index contributed by atoms with van der Waals surface area (Å²) in [5.74, 6) is -3.78. The zero-order chi connectivity index (χ0) is 23.0. The van der Waals surface area contributed by atoms with Crippen molar-refractivity contribution in [3.63, 3.8) is 0 Å². The number of carbonyl (C=O) groups is 2. The molecule has 1 aliphatic carbocycles. The van der Waals surface area contributed by atoms with Crippen molar-refractivity contribution in [2.24, 2.45) is 5.41 Å². The van der Waals surface area contributed by atoms with Crippen molar-refractivity contribution < 1.29 is 37.4 Å². The van der Waals surface area contributed by atoms with Gasteiger partial charge in [-0.25, -0.2) is 9.18 Å². The van der Waals surface area contributed by atoms with Crippen LogP contribution in [0.3, 0.4) is 0 Å². The van der Waals surface area contributed by atoms with E-state index in [2.05, 4.69) is 4.98 Å². The molecule has 0 spiro atoms. The van der Waals surface area contributed by atoms with E-state index in [1.165, 1.54) is 0 Å². The number of hydrogen-bond acceptors (Lipinski definition) is 4. The Morgan fingerprint density at radius 3 is 2.42 bits per heavy atom. The fraction of sp³-hybridized carbons (Fsp3) is 0.450. The number of halogens is 5. The van der Waals surface area contributed by atoms with Crippen molar-refractivity contribution in [3.8, 4) is 0 Å². The van der Waals surface area contributed by atoms with Crippen LogP contribution in [0.5, 0.6) is 0 Å². The van der Waals surface area contributed by atoms with Crippen molar-refractivity contribution in [1.82, 2.24) is 9.88 Å². The Kier molecular flexibility index (Phi) is 6.16. The predicted molar refractivity (Wildman–Crippen MR) is 103 cm³/mol. The number of alkyl halides is 4. The summed E-state index contributed by atoms with van der Waals surface area (Å²) in [7, 11) is 0. The summed E-state index contributed by atoms with van der Waals surface area (Å²) in [5.41, 5.74) is -1.31. The number of benzene rings is 1. The molecule has 1 aromatic heterocycles. The number of pyridine rings is 1. The van der Waals surface area contributed by atoms with Gasteiger partial charge in [-0.3, -0.25) is 14.7 Å². The first kappa shape index (κ1) is 23.2. The van der Waals surface area contributed by atoms with Gasteiger partial charge in [0.2, 0.25) is 0 Å². The van der Waals surface area contributed by atoms with Gasteiger partial charge >= 0.3 is 18.1 Å². The minimum absolute atomic E-state index is 0.138. The summed E-state index contributed by atoms with van der Waals surface area (Å²) in [6.45, 7) is 0.769. The Hall–Kier alpha value is -2.46. The average Bonchev–Trinajstić information content (AvgIpc) is 3.14. The average molecular weight is 463 g/mol. The number of aliphatic carboxylic acids is 2. The maximum absolute atomic E-state index is 15.3. The first-order valence-corrected chi connectivity index (χ1v) is 9.74. The topological polar surface area (TPSA) is 90.7 Å². The second-order valence-corrected chi connectivity index (χ2v) is 8.16. The number of carboxylic acids is 2. The highest BCUT2D eigenvalue weighted by Gasteiger charge is 2.65. The molecule has 2 heterocycles. The van der Waals surface area contributed by atoms with E-state index in [1.54, 1.807) is 6.20 Å². The van der Waals surface area contributed by atoms with Crippen LogP contribution in [-0.4, -0.2) is 57.0 Å². The monoisotopic (exact) mass is 462 g/mol. The van der Waals surface area contributed by atoms with Crippen molar-refractivity contribution >= 4 is 34.4 Å². The first-order chi connectivity index (χ1) is 14.4. The molecule has 2 fully saturated rings. The lowest BCUT2D eigenvalue weighted by atomic mass is 9.78. The zero-order valence-corrected chi connectivity index (χ0v) is 16.9. The summed E-state index contributed by atoms with van der Waals surface area (Å²) in [6.07, 6.45) is -2.03. The van der Waals surface area contributed by atoms with Crippen LogP contribution in [0.1, 0.15) is 24.8 Å². The molecule has 0 amide bonds. The Morgan fingerprint density at radius 1 is 1.16 bits per heavy atom. The number of rotatable bonds is 3. The molecule has 1 saturated heterocycles. The molecular formula is C20H19ClF4N2O4. The van der Waals surface area contributed by atoms with E-state index < -0.39 is 29.2 Å². The van der Waals surface area contributed by atoms with Crippen LogP contribution < -0.4 is 0 Å². The van der Waals surface area contributed by atoms with Crippen molar-refractivity contribution in [2.75, 3.05) is 13.1 Å². The Labute approximate surface area is 179 Å². The van der Waals surface area contributed by atoms with Crippen molar-refractivity contribution in [3.05, 3.63) is 41.0 Å². The third-order valence-corrected chi connectivity index (χ3v) is 6.21. The third-order valence-electron chi connectivity index (χ3n) is 5.86. The molecule has 1 saturated carbocycles. The van der Waals surface area contributed by atoms with Crippen molar-refractivity contribution in [2.45, 2.75) is 37.7 Å². The van der Waals surface area contributed by atoms with E-state index >= 15 is 4.39 Å². The Bertz CT molecular complexity index is 1020. The molecule has 31 heavy (non-hydrogen) atoms. The van der Waals surface area contributed by atoms with Crippen LogP contribution in [-0.2, 0) is 16.1 Å². The summed E-state index contributed by atoms with van der Waals surface area (Å²) < 4.78 is 47.0. The summed E-state index contributed by atoms with van der Waals surface area (Å²) in [5, 5.41) is 18.3. The fourth-order valence-electron chi connectivity index (χ4n) is 4.41. The molecule has 168 valence electrons. The van der Waals surface area contributed by atoms with Crippen LogP contribution in [0.2, 0.25) is 5.02 Å². The smallest absolute Gasteiger partial charge is 0.481 e. The molecule has 0 radical (unpaired) electrons. The minimum Gasteiger partial charge on any atom is -0.481 e. The van der Waals surface area contributed by atoms with Gasteiger partial charge in [-0.2, -0.15) is 13.2 Å². The molecule has 11 heteroatoms. The second kappa shape index (κ2) is 8.23.